The molecule has 0 amide bonds. The summed E-state index contributed by atoms with van der Waals surface area (Å²) >= 11 is 0. The minimum atomic E-state index is -0.299. The van der Waals surface area contributed by atoms with E-state index in [1.807, 2.05) is 32.9 Å². The van der Waals surface area contributed by atoms with Crippen LogP contribution < -0.4 is 15.8 Å². The second-order valence-corrected chi connectivity index (χ2v) is 6.35. The van der Waals surface area contributed by atoms with E-state index in [2.05, 4.69) is 24.1 Å². The minimum absolute atomic E-state index is 0.299. The topological polar surface area (TPSA) is 60.2 Å². The molecule has 0 fully saturated rings. The Bertz CT molecular complexity index is 413. The Kier molecular flexibility index (Phi) is 6.11. The van der Waals surface area contributed by atoms with E-state index in [0.29, 0.717) is 17.6 Å². The lowest BCUT2D eigenvalue weighted by molar-refractivity contribution is 0.125. The summed E-state index contributed by atoms with van der Waals surface area (Å²) in [7, 11) is 0. The first-order valence-corrected chi connectivity index (χ1v) is 7.54. The summed E-state index contributed by atoms with van der Waals surface area (Å²) in [4.78, 5) is 4.47. The fourth-order valence-corrected chi connectivity index (χ4v) is 1.93. The van der Waals surface area contributed by atoms with Gasteiger partial charge in [0.2, 0.25) is 5.88 Å². The highest BCUT2D eigenvalue weighted by atomic mass is 16.5. The standard InChI is InChI=1S/C16H29N3O/c1-6-7-8-9-12(2)18-14-11-10-13(17)15(19-14)20-16(3,4)5/h10-12H,6-9,17H2,1-5H3,(H,18,19). The molecule has 1 unspecified atom stereocenters. The zero-order valence-electron chi connectivity index (χ0n) is 13.5. The Hall–Kier alpha value is -1.45. The largest absolute Gasteiger partial charge is 0.470 e. The molecule has 1 rings (SSSR count). The van der Waals surface area contributed by atoms with Gasteiger partial charge in [-0.3, -0.25) is 0 Å². The number of aromatic nitrogens is 1. The number of nitrogens with one attached hydrogen (secondary N) is 1. The highest BCUT2D eigenvalue weighted by molar-refractivity contribution is 5.54. The number of hydrogen-bond donors (Lipinski definition) is 2. The molecule has 4 heteroatoms. The maximum Gasteiger partial charge on any atom is 0.239 e. The van der Waals surface area contributed by atoms with Gasteiger partial charge in [0.05, 0.1) is 5.69 Å². The number of hydrogen-bond acceptors (Lipinski definition) is 4. The van der Waals surface area contributed by atoms with Gasteiger partial charge in [-0.25, -0.2) is 0 Å². The van der Waals surface area contributed by atoms with Crippen LogP contribution in [0.4, 0.5) is 11.5 Å². The molecular formula is C16H29N3O. The predicted octanol–water partition coefficient (Wildman–Crippen LogP) is 4.22. The zero-order chi connectivity index (χ0) is 15.2. The van der Waals surface area contributed by atoms with Gasteiger partial charge >= 0.3 is 0 Å². The van der Waals surface area contributed by atoms with Gasteiger partial charge in [-0.1, -0.05) is 26.2 Å². The lowest BCUT2D eigenvalue weighted by Gasteiger charge is -2.22. The van der Waals surface area contributed by atoms with Crippen molar-refractivity contribution in [2.24, 2.45) is 0 Å². The van der Waals surface area contributed by atoms with E-state index in [1.165, 1.54) is 19.3 Å². The van der Waals surface area contributed by atoms with Crippen molar-refractivity contribution in [2.75, 3.05) is 11.1 Å². The van der Waals surface area contributed by atoms with Crippen LogP contribution in [0.25, 0.3) is 0 Å². The van der Waals surface area contributed by atoms with Gasteiger partial charge in [-0.15, -0.1) is 0 Å². The summed E-state index contributed by atoms with van der Waals surface area (Å²) in [5.41, 5.74) is 6.18. The highest BCUT2D eigenvalue weighted by Crippen LogP contribution is 2.25. The molecule has 20 heavy (non-hydrogen) atoms. The normalized spacial score (nSPS) is 13.1. The van der Waals surface area contributed by atoms with Crippen LogP contribution in [0.2, 0.25) is 0 Å². The number of nitrogens with zero attached hydrogens (tertiary/aromatic N) is 1. The van der Waals surface area contributed by atoms with Crippen molar-refractivity contribution in [1.82, 2.24) is 4.98 Å². The number of ether oxygens (including phenoxy) is 1. The summed E-state index contributed by atoms with van der Waals surface area (Å²) in [5, 5.41) is 3.41. The number of anilines is 2. The van der Waals surface area contributed by atoms with E-state index in [1.54, 1.807) is 0 Å². The van der Waals surface area contributed by atoms with Crippen LogP contribution in [0.1, 0.15) is 60.3 Å². The van der Waals surface area contributed by atoms with E-state index >= 15 is 0 Å². The van der Waals surface area contributed by atoms with Crippen LogP contribution in [0.3, 0.4) is 0 Å². The third kappa shape index (κ3) is 6.13. The number of pyridine rings is 1. The Morgan fingerprint density at radius 3 is 2.60 bits per heavy atom. The molecule has 0 spiro atoms. The lowest BCUT2D eigenvalue weighted by atomic mass is 10.1. The second kappa shape index (κ2) is 7.36. The first-order chi connectivity index (χ1) is 9.31. The van der Waals surface area contributed by atoms with Crippen LogP contribution in [0.15, 0.2) is 12.1 Å². The maximum absolute atomic E-state index is 5.91. The van der Waals surface area contributed by atoms with E-state index in [-0.39, 0.29) is 5.60 Å². The van der Waals surface area contributed by atoms with Gasteiger partial charge in [-0.05, 0) is 46.2 Å². The molecule has 3 N–H and O–H groups in total. The summed E-state index contributed by atoms with van der Waals surface area (Å²) in [6.07, 6.45) is 4.91. The molecule has 114 valence electrons. The second-order valence-electron chi connectivity index (χ2n) is 6.35. The lowest BCUT2D eigenvalue weighted by Crippen LogP contribution is -2.24. The SMILES string of the molecule is CCCCCC(C)Nc1ccc(N)c(OC(C)(C)C)n1. The average Bonchev–Trinajstić information content (AvgIpc) is 2.32. The number of nitrogen functional groups attached to an aromatic ring is 1. The van der Waals surface area contributed by atoms with Gasteiger partial charge in [0.1, 0.15) is 11.4 Å². The molecule has 1 aromatic heterocycles. The minimum Gasteiger partial charge on any atom is -0.470 e. The number of rotatable bonds is 7. The molecule has 0 aromatic carbocycles. The van der Waals surface area contributed by atoms with E-state index in [4.69, 9.17) is 10.5 Å². The first-order valence-electron chi connectivity index (χ1n) is 7.54. The zero-order valence-corrected chi connectivity index (χ0v) is 13.5. The van der Waals surface area contributed by atoms with Crippen molar-refractivity contribution >= 4 is 11.5 Å². The summed E-state index contributed by atoms with van der Waals surface area (Å²) in [6, 6.07) is 4.15. The molecule has 4 nitrogen and oxygen atoms in total. The third-order valence-corrected chi connectivity index (χ3v) is 2.93. The molecule has 0 saturated carbocycles. The smallest absolute Gasteiger partial charge is 0.239 e. The highest BCUT2D eigenvalue weighted by Gasteiger charge is 2.15. The molecule has 1 aromatic rings. The fourth-order valence-electron chi connectivity index (χ4n) is 1.93. The molecule has 1 heterocycles. The van der Waals surface area contributed by atoms with Crippen molar-refractivity contribution in [3.05, 3.63) is 12.1 Å². The maximum atomic E-state index is 5.91. The van der Waals surface area contributed by atoms with Crippen LogP contribution in [-0.2, 0) is 0 Å². The Morgan fingerprint density at radius 2 is 2.00 bits per heavy atom. The predicted molar refractivity (Wildman–Crippen MR) is 86.3 cm³/mol. The molecule has 0 saturated heterocycles. The molecule has 0 aliphatic carbocycles. The van der Waals surface area contributed by atoms with E-state index in [0.717, 1.165) is 12.2 Å². The number of nitrogens with two attached hydrogens (primary N) is 1. The number of unbranched alkanes of at least 4 members (excludes halogenated alkanes) is 2. The molecule has 0 aliphatic rings. The van der Waals surface area contributed by atoms with Crippen LogP contribution in [-0.4, -0.2) is 16.6 Å². The summed E-state index contributed by atoms with van der Waals surface area (Å²) < 4.78 is 5.78. The van der Waals surface area contributed by atoms with E-state index in [9.17, 15) is 0 Å². The fraction of sp³-hybridized carbons (Fsp3) is 0.688. The molecule has 0 radical (unpaired) electrons. The van der Waals surface area contributed by atoms with Crippen LogP contribution >= 0.6 is 0 Å². The van der Waals surface area contributed by atoms with Gasteiger partial charge in [0.15, 0.2) is 0 Å². The van der Waals surface area contributed by atoms with Gasteiger partial charge in [0, 0.05) is 6.04 Å². The Morgan fingerprint density at radius 1 is 1.30 bits per heavy atom. The summed E-state index contributed by atoms with van der Waals surface area (Å²) in [6.45, 7) is 10.4. The van der Waals surface area contributed by atoms with Crippen molar-refractivity contribution in [3.63, 3.8) is 0 Å². The third-order valence-electron chi connectivity index (χ3n) is 2.93. The molecular weight excluding hydrogens is 250 g/mol. The monoisotopic (exact) mass is 279 g/mol. The van der Waals surface area contributed by atoms with Gasteiger partial charge < -0.3 is 15.8 Å². The molecule has 0 bridgehead atoms. The van der Waals surface area contributed by atoms with Crippen LogP contribution in [0, 0.1) is 0 Å². The Labute approximate surface area is 123 Å². The van der Waals surface area contributed by atoms with Crippen LogP contribution in [0.5, 0.6) is 5.88 Å². The van der Waals surface area contributed by atoms with Gasteiger partial charge in [-0.2, -0.15) is 4.98 Å². The van der Waals surface area contributed by atoms with Crippen molar-refractivity contribution in [1.29, 1.82) is 0 Å². The molecule has 0 aliphatic heterocycles. The van der Waals surface area contributed by atoms with E-state index < -0.39 is 0 Å². The average molecular weight is 279 g/mol. The summed E-state index contributed by atoms with van der Waals surface area (Å²) in [5.74, 6) is 1.32. The quantitative estimate of drug-likeness (QED) is 0.734. The molecule has 1 atom stereocenters. The first kappa shape index (κ1) is 16.6. The Balaban J connectivity index is 2.65. The van der Waals surface area contributed by atoms with Crippen molar-refractivity contribution in [3.8, 4) is 5.88 Å². The van der Waals surface area contributed by atoms with Crippen molar-refractivity contribution in [2.45, 2.75) is 71.9 Å². The van der Waals surface area contributed by atoms with Gasteiger partial charge in [0.25, 0.3) is 0 Å². The van der Waals surface area contributed by atoms with Crippen molar-refractivity contribution < 1.29 is 4.74 Å².